The molecular weight excluding hydrogens is 332 g/mol. The third kappa shape index (κ3) is 4.06. The normalized spacial score (nSPS) is 16.1. The van der Waals surface area contributed by atoms with Gasteiger partial charge in [0.2, 0.25) is 10.0 Å². The van der Waals surface area contributed by atoms with E-state index in [1.807, 2.05) is 0 Å². The maximum Gasteiger partial charge on any atom is 0.264 e. The van der Waals surface area contributed by atoms with Crippen LogP contribution in [0.5, 0.6) is 5.75 Å². The van der Waals surface area contributed by atoms with Crippen LogP contribution in [0.15, 0.2) is 29.2 Å². The number of hydroxylamine groups is 1. The second-order valence-corrected chi connectivity index (χ2v) is 7.20. The van der Waals surface area contributed by atoms with Crippen LogP contribution < -0.4 is 14.9 Å². The van der Waals surface area contributed by atoms with E-state index in [-0.39, 0.29) is 11.5 Å². The predicted molar refractivity (Wildman–Crippen MR) is 86.8 cm³/mol. The number of ether oxygens (including phenoxy) is 1. The van der Waals surface area contributed by atoms with Crippen molar-refractivity contribution in [2.24, 2.45) is 0 Å². The Labute approximate surface area is 141 Å². The van der Waals surface area contributed by atoms with Crippen LogP contribution in [0, 0.1) is 11.8 Å². The summed E-state index contributed by atoms with van der Waals surface area (Å²) in [5.74, 6) is 5.20. The molecule has 1 aromatic rings. The highest BCUT2D eigenvalue weighted by Crippen LogP contribution is 2.31. The van der Waals surface area contributed by atoms with E-state index in [0.717, 1.165) is 0 Å². The average Bonchev–Trinajstić information content (AvgIpc) is 3.04. The van der Waals surface area contributed by atoms with Gasteiger partial charge in [-0.1, -0.05) is 18.8 Å². The van der Waals surface area contributed by atoms with E-state index in [1.165, 1.54) is 24.3 Å². The van der Waals surface area contributed by atoms with Crippen LogP contribution in [-0.4, -0.2) is 31.7 Å². The van der Waals surface area contributed by atoms with Gasteiger partial charge in [-0.3, -0.25) is 10.0 Å². The number of hydrogen-bond donors (Lipinski definition) is 3. The molecule has 0 saturated heterocycles. The van der Waals surface area contributed by atoms with Gasteiger partial charge in [0.05, 0.1) is 4.90 Å². The minimum Gasteiger partial charge on any atom is -0.481 e. The number of carbonyl (C=O) groups excluding carboxylic acids is 1. The third-order valence-electron chi connectivity index (χ3n) is 3.94. The Hall–Kier alpha value is -2.08. The van der Waals surface area contributed by atoms with Gasteiger partial charge in [0, 0.05) is 0 Å². The number of amides is 1. The van der Waals surface area contributed by atoms with Crippen molar-refractivity contribution in [2.45, 2.75) is 43.0 Å². The molecular formula is C16H20N2O5S. The highest BCUT2D eigenvalue weighted by molar-refractivity contribution is 7.89. The van der Waals surface area contributed by atoms with Crippen molar-refractivity contribution in [3.63, 3.8) is 0 Å². The number of hydrogen-bond acceptors (Lipinski definition) is 5. The molecule has 1 fully saturated rings. The minimum atomic E-state index is -3.90. The molecule has 1 aliphatic carbocycles. The molecule has 0 bridgehead atoms. The van der Waals surface area contributed by atoms with Crippen LogP contribution in [0.3, 0.4) is 0 Å². The summed E-state index contributed by atoms with van der Waals surface area (Å²) < 4.78 is 32.9. The van der Waals surface area contributed by atoms with E-state index in [2.05, 4.69) is 16.6 Å². The first-order chi connectivity index (χ1) is 11.4. The lowest BCUT2D eigenvalue weighted by Gasteiger charge is -2.27. The van der Waals surface area contributed by atoms with Gasteiger partial charge in [0.1, 0.15) is 17.9 Å². The summed E-state index contributed by atoms with van der Waals surface area (Å²) in [6, 6.07) is 5.85. The molecule has 130 valence electrons. The van der Waals surface area contributed by atoms with Crippen LogP contribution in [-0.2, 0) is 14.8 Å². The summed E-state index contributed by atoms with van der Waals surface area (Å²) >= 11 is 0. The second kappa shape index (κ2) is 7.66. The van der Waals surface area contributed by atoms with Gasteiger partial charge in [0.15, 0.2) is 0 Å². The van der Waals surface area contributed by atoms with Crippen molar-refractivity contribution in [1.29, 1.82) is 0 Å². The van der Waals surface area contributed by atoms with Crippen molar-refractivity contribution in [3.8, 4) is 17.6 Å². The van der Waals surface area contributed by atoms with Crippen LogP contribution >= 0.6 is 0 Å². The molecule has 0 spiro atoms. The van der Waals surface area contributed by atoms with E-state index in [4.69, 9.17) is 9.94 Å². The molecule has 0 aromatic heterocycles. The Morgan fingerprint density at radius 3 is 2.46 bits per heavy atom. The summed E-state index contributed by atoms with van der Waals surface area (Å²) in [5, 5.41) is 8.91. The van der Waals surface area contributed by atoms with Gasteiger partial charge in [-0.15, -0.1) is 5.92 Å². The number of rotatable bonds is 6. The smallest absolute Gasteiger partial charge is 0.264 e. The molecule has 1 saturated carbocycles. The first-order valence-corrected chi connectivity index (χ1v) is 9.03. The standard InChI is InChI=1S/C16H20N2O5S/c1-2-3-12-23-13-6-8-14(9-7-13)24(21,22)18-16(15(19)17-20)10-4-5-11-16/h6-9,18,20H,4-5,10-12H2,1H3,(H,17,19). The maximum absolute atomic E-state index is 12.5. The fourth-order valence-electron chi connectivity index (χ4n) is 2.68. The molecule has 8 heteroatoms. The zero-order valence-corrected chi connectivity index (χ0v) is 14.1. The molecule has 2 rings (SSSR count). The van der Waals surface area contributed by atoms with Crippen molar-refractivity contribution in [1.82, 2.24) is 10.2 Å². The maximum atomic E-state index is 12.5. The molecule has 1 amide bonds. The van der Waals surface area contributed by atoms with Crippen LogP contribution in [0.25, 0.3) is 0 Å². The topological polar surface area (TPSA) is 105 Å². The largest absolute Gasteiger partial charge is 0.481 e. The summed E-state index contributed by atoms with van der Waals surface area (Å²) in [7, 11) is -3.90. The minimum absolute atomic E-state index is 0.0217. The zero-order chi connectivity index (χ0) is 17.6. The van der Waals surface area contributed by atoms with Gasteiger partial charge in [-0.05, 0) is 44.0 Å². The molecule has 24 heavy (non-hydrogen) atoms. The quantitative estimate of drug-likeness (QED) is 0.405. The summed E-state index contributed by atoms with van der Waals surface area (Å²) in [5.41, 5.74) is 0.255. The van der Waals surface area contributed by atoms with E-state index in [9.17, 15) is 13.2 Å². The fourth-order valence-corrected chi connectivity index (χ4v) is 4.11. The van der Waals surface area contributed by atoms with Gasteiger partial charge >= 0.3 is 0 Å². The lowest BCUT2D eigenvalue weighted by atomic mass is 9.99. The number of nitrogens with one attached hydrogen (secondary N) is 2. The van der Waals surface area contributed by atoms with Crippen molar-refractivity contribution in [2.75, 3.05) is 6.61 Å². The average molecular weight is 352 g/mol. The summed E-state index contributed by atoms with van der Waals surface area (Å²) in [4.78, 5) is 11.9. The van der Waals surface area contributed by atoms with Crippen molar-refractivity contribution >= 4 is 15.9 Å². The Morgan fingerprint density at radius 1 is 1.29 bits per heavy atom. The third-order valence-corrected chi connectivity index (χ3v) is 5.50. The molecule has 0 radical (unpaired) electrons. The first kappa shape index (κ1) is 18.3. The van der Waals surface area contributed by atoms with Gasteiger partial charge < -0.3 is 4.74 Å². The predicted octanol–water partition coefficient (Wildman–Crippen LogP) is 1.19. The Morgan fingerprint density at radius 2 is 1.92 bits per heavy atom. The van der Waals surface area contributed by atoms with Crippen molar-refractivity contribution < 1.29 is 23.2 Å². The van der Waals surface area contributed by atoms with E-state index in [0.29, 0.717) is 31.4 Å². The number of benzene rings is 1. The van der Waals surface area contributed by atoms with Gasteiger partial charge in [0.25, 0.3) is 5.91 Å². The molecule has 0 heterocycles. The van der Waals surface area contributed by atoms with Gasteiger partial charge in [-0.2, -0.15) is 4.72 Å². The highest BCUT2D eigenvalue weighted by Gasteiger charge is 2.44. The summed E-state index contributed by atoms with van der Waals surface area (Å²) in [6.45, 7) is 1.92. The Kier molecular flexibility index (Phi) is 5.83. The van der Waals surface area contributed by atoms with Crippen molar-refractivity contribution in [3.05, 3.63) is 24.3 Å². The molecule has 0 aliphatic heterocycles. The monoisotopic (exact) mass is 352 g/mol. The SMILES string of the molecule is CC#CCOc1ccc(S(=O)(=O)NC2(C(=O)NO)CCCC2)cc1. The van der Waals surface area contributed by atoms with Crippen LogP contribution in [0.4, 0.5) is 0 Å². The lowest BCUT2D eigenvalue weighted by Crippen LogP contribution is -2.56. The van der Waals surface area contributed by atoms with Crippen LogP contribution in [0.1, 0.15) is 32.6 Å². The van der Waals surface area contributed by atoms with Gasteiger partial charge in [-0.25, -0.2) is 13.9 Å². The number of sulfonamides is 1. The Balaban J connectivity index is 2.17. The highest BCUT2D eigenvalue weighted by atomic mass is 32.2. The fraction of sp³-hybridized carbons (Fsp3) is 0.438. The second-order valence-electron chi connectivity index (χ2n) is 5.52. The van der Waals surface area contributed by atoms with E-state index >= 15 is 0 Å². The summed E-state index contributed by atoms with van der Waals surface area (Å²) in [6.07, 6.45) is 2.10. The van der Waals surface area contributed by atoms with E-state index in [1.54, 1.807) is 12.4 Å². The molecule has 0 atom stereocenters. The molecule has 1 aromatic carbocycles. The lowest BCUT2D eigenvalue weighted by molar-refractivity contribution is -0.135. The molecule has 7 nitrogen and oxygen atoms in total. The molecule has 1 aliphatic rings. The zero-order valence-electron chi connectivity index (χ0n) is 13.3. The molecule has 0 unspecified atom stereocenters. The number of carbonyl (C=O) groups is 1. The Bertz CT molecular complexity index is 741. The first-order valence-electron chi connectivity index (χ1n) is 7.54. The molecule has 3 N–H and O–H groups in total. The van der Waals surface area contributed by atoms with Crippen LogP contribution in [0.2, 0.25) is 0 Å². The van der Waals surface area contributed by atoms with E-state index < -0.39 is 21.5 Å².